The van der Waals surface area contributed by atoms with Gasteiger partial charge in [-0.25, -0.2) is 14.4 Å². The first-order valence-electron chi connectivity index (χ1n) is 4.59. The zero-order valence-electron chi connectivity index (χ0n) is 8.85. The molecular weight excluding hydrogens is 213 g/mol. The number of amides is 1. The van der Waals surface area contributed by atoms with E-state index in [1.54, 1.807) is 0 Å². The Morgan fingerprint density at radius 3 is 3.00 bits per heavy atom. The lowest BCUT2D eigenvalue weighted by atomic mass is 10.3. The average molecular weight is 223 g/mol. The second kappa shape index (κ2) is 3.90. The lowest BCUT2D eigenvalue weighted by Gasteiger charge is -2.14. The summed E-state index contributed by atoms with van der Waals surface area (Å²) in [5.74, 6) is -1.18. The van der Waals surface area contributed by atoms with Crippen LogP contribution in [-0.4, -0.2) is 34.5 Å². The van der Waals surface area contributed by atoms with E-state index < -0.39 is 11.7 Å². The summed E-state index contributed by atoms with van der Waals surface area (Å²) in [6, 6.07) is 2.71. The molecule has 0 radical (unpaired) electrons. The monoisotopic (exact) mass is 223 g/mol. The first-order valence-corrected chi connectivity index (χ1v) is 4.59. The minimum absolute atomic E-state index is 0.0978. The number of fused-ring (bicyclic) bond motifs is 1. The molecule has 0 saturated carbocycles. The minimum Gasteiger partial charge on any atom is -0.293 e. The molecule has 2 rings (SSSR count). The molecule has 84 valence electrons. The van der Waals surface area contributed by atoms with E-state index in [0.29, 0.717) is 5.65 Å². The van der Waals surface area contributed by atoms with Crippen molar-refractivity contribution >= 4 is 11.6 Å². The van der Waals surface area contributed by atoms with Crippen LogP contribution in [0.15, 0.2) is 24.5 Å². The van der Waals surface area contributed by atoms with Crippen LogP contribution in [0.1, 0.15) is 10.5 Å². The van der Waals surface area contributed by atoms with Crippen LogP contribution in [0.2, 0.25) is 0 Å². The van der Waals surface area contributed by atoms with Crippen LogP contribution in [0.5, 0.6) is 0 Å². The zero-order valence-corrected chi connectivity index (χ0v) is 8.85. The number of hydrogen-bond donors (Lipinski definition) is 0. The summed E-state index contributed by atoms with van der Waals surface area (Å²) in [5.41, 5.74) is 0.411. The average Bonchev–Trinajstić information content (AvgIpc) is 2.75. The highest BCUT2D eigenvalue weighted by Crippen LogP contribution is 2.12. The number of carbonyl (C=O) groups is 1. The van der Waals surface area contributed by atoms with Crippen LogP contribution in [0.25, 0.3) is 5.65 Å². The standard InChI is InChI=1S/C10H10FN3O2/c1-13(16-2)10(15)9-7(11)3-4-8-12-5-6-14(8)9/h3-6H,1-2H3. The van der Waals surface area contributed by atoms with E-state index in [0.717, 1.165) is 5.06 Å². The molecule has 0 fully saturated rings. The smallest absolute Gasteiger partial charge is 0.293 e. The zero-order chi connectivity index (χ0) is 11.7. The number of nitrogens with zero attached hydrogens (tertiary/aromatic N) is 3. The number of rotatable bonds is 2. The molecule has 2 aromatic heterocycles. The highest BCUT2D eigenvalue weighted by Gasteiger charge is 2.19. The topological polar surface area (TPSA) is 46.8 Å². The van der Waals surface area contributed by atoms with Gasteiger partial charge in [0.2, 0.25) is 0 Å². The van der Waals surface area contributed by atoms with E-state index in [1.165, 1.54) is 43.1 Å². The third kappa shape index (κ3) is 1.53. The molecular formula is C10H10FN3O2. The molecule has 2 aromatic rings. The SMILES string of the molecule is CON(C)C(=O)c1c(F)ccc2nccn12. The number of halogens is 1. The van der Waals surface area contributed by atoms with Gasteiger partial charge in [-0.1, -0.05) is 0 Å². The van der Waals surface area contributed by atoms with Crippen LogP contribution in [-0.2, 0) is 4.84 Å². The molecule has 0 bridgehead atoms. The molecule has 0 aliphatic heterocycles. The van der Waals surface area contributed by atoms with Gasteiger partial charge in [0.1, 0.15) is 5.65 Å². The molecule has 0 saturated heterocycles. The summed E-state index contributed by atoms with van der Waals surface area (Å²) in [5, 5.41) is 0.956. The predicted octanol–water partition coefficient (Wildman–Crippen LogP) is 1.11. The lowest BCUT2D eigenvalue weighted by molar-refractivity contribution is -0.0764. The molecule has 16 heavy (non-hydrogen) atoms. The normalized spacial score (nSPS) is 10.7. The third-order valence-electron chi connectivity index (χ3n) is 2.28. The number of pyridine rings is 1. The number of hydroxylamine groups is 2. The van der Waals surface area contributed by atoms with Crippen LogP contribution >= 0.6 is 0 Å². The second-order valence-corrected chi connectivity index (χ2v) is 3.17. The number of hydrogen-bond acceptors (Lipinski definition) is 3. The van der Waals surface area contributed by atoms with Crippen molar-refractivity contribution in [3.63, 3.8) is 0 Å². The van der Waals surface area contributed by atoms with E-state index >= 15 is 0 Å². The summed E-state index contributed by atoms with van der Waals surface area (Å²) >= 11 is 0. The number of imidazole rings is 1. The van der Waals surface area contributed by atoms with Crippen molar-refractivity contribution in [3.8, 4) is 0 Å². The molecule has 0 N–H and O–H groups in total. The van der Waals surface area contributed by atoms with Crippen LogP contribution in [0, 0.1) is 5.82 Å². The molecule has 0 aliphatic rings. The maximum absolute atomic E-state index is 13.6. The quantitative estimate of drug-likeness (QED) is 0.716. The second-order valence-electron chi connectivity index (χ2n) is 3.17. The Morgan fingerprint density at radius 2 is 2.31 bits per heavy atom. The number of aromatic nitrogens is 2. The minimum atomic E-state index is -0.612. The Hall–Kier alpha value is -1.95. The summed E-state index contributed by atoms with van der Waals surface area (Å²) in [6.07, 6.45) is 3.02. The molecule has 2 heterocycles. The maximum atomic E-state index is 13.6. The van der Waals surface area contributed by atoms with Gasteiger partial charge in [-0.05, 0) is 12.1 Å². The highest BCUT2D eigenvalue weighted by atomic mass is 19.1. The van der Waals surface area contributed by atoms with Crippen LogP contribution < -0.4 is 0 Å². The molecule has 5 nitrogen and oxygen atoms in total. The van der Waals surface area contributed by atoms with E-state index in [9.17, 15) is 9.18 Å². The lowest BCUT2D eigenvalue weighted by Crippen LogP contribution is -2.28. The van der Waals surface area contributed by atoms with Gasteiger partial charge in [0.25, 0.3) is 5.91 Å². The molecule has 0 atom stereocenters. The fourth-order valence-electron chi connectivity index (χ4n) is 1.41. The van der Waals surface area contributed by atoms with Gasteiger partial charge in [0.05, 0.1) is 7.11 Å². The van der Waals surface area contributed by atoms with Crippen molar-refractivity contribution in [2.75, 3.05) is 14.2 Å². The van der Waals surface area contributed by atoms with Crippen molar-refractivity contribution in [1.29, 1.82) is 0 Å². The Morgan fingerprint density at radius 1 is 1.56 bits per heavy atom. The van der Waals surface area contributed by atoms with E-state index in [1.807, 2.05) is 0 Å². The summed E-state index contributed by atoms with van der Waals surface area (Å²) in [6.45, 7) is 0. The van der Waals surface area contributed by atoms with E-state index in [-0.39, 0.29) is 5.69 Å². The molecule has 0 spiro atoms. The Kier molecular flexibility index (Phi) is 2.57. The molecule has 6 heteroatoms. The highest BCUT2D eigenvalue weighted by molar-refractivity contribution is 5.92. The van der Waals surface area contributed by atoms with Crippen molar-refractivity contribution < 1.29 is 14.0 Å². The third-order valence-corrected chi connectivity index (χ3v) is 2.28. The molecule has 0 aromatic carbocycles. The van der Waals surface area contributed by atoms with Gasteiger partial charge in [0, 0.05) is 19.4 Å². The van der Waals surface area contributed by atoms with Gasteiger partial charge in [-0.2, -0.15) is 0 Å². The summed E-state index contributed by atoms with van der Waals surface area (Å²) in [4.78, 5) is 20.5. The van der Waals surface area contributed by atoms with Gasteiger partial charge in [-0.15, -0.1) is 0 Å². The van der Waals surface area contributed by atoms with Gasteiger partial charge >= 0.3 is 0 Å². The Balaban J connectivity index is 2.61. The fraction of sp³-hybridized carbons (Fsp3) is 0.200. The first-order chi connectivity index (χ1) is 7.65. The van der Waals surface area contributed by atoms with Gasteiger partial charge in [0.15, 0.2) is 11.5 Å². The molecule has 0 unspecified atom stereocenters. The Labute approximate surface area is 91.0 Å². The van der Waals surface area contributed by atoms with Crippen LogP contribution in [0.4, 0.5) is 4.39 Å². The largest absolute Gasteiger partial charge is 0.297 e. The van der Waals surface area contributed by atoms with E-state index in [2.05, 4.69) is 4.98 Å². The van der Waals surface area contributed by atoms with Crippen molar-refractivity contribution in [2.24, 2.45) is 0 Å². The molecule has 1 amide bonds. The Bertz CT molecular complexity index is 538. The number of carbonyl (C=O) groups excluding carboxylic acids is 1. The van der Waals surface area contributed by atoms with Gasteiger partial charge < -0.3 is 0 Å². The molecule has 0 aliphatic carbocycles. The predicted molar refractivity (Wildman–Crippen MR) is 54.3 cm³/mol. The van der Waals surface area contributed by atoms with Crippen LogP contribution in [0.3, 0.4) is 0 Å². The van der Waals surface area contributed by atoms with Crippen molar-refractivity contribution in [3.05, 3.63) is 36.0 Å². The fourth-order valence-corrected chi connectivity index (χ4v) is 1.41. The summed E-state index contributed by atoms with van der Waals surface area (Å²) < 4.78 is 15.0. The van der Waals surface area contributed by atoms with Crippen molar-refractivity contribution in [2.45, 2.75) is 0 Å². The first kappa shape index (κ1) is 10.6. The summed E-state index contributed by atoms with van der Waals surface area (Å²) in [7, 11) is 2.75. The van der Waals surface area contributed by atoms with Crippen molar-refractivity contribution in [1.82, 2.24) is 14.4 Å². The van der Waals surface area contributed by atoms with Gasteiger partial charge in [-0.3, -0.25) is 14.0 Å². The van der Waals surface area contributed by atoms with E-state index in [4.69, 9.17) is 4.84 Å². The maximum Gasteiger partial charge on any atom is 0.297 e.